The average molecular weight is 336 g/mol. The van der Waals surface area contributed by atoms with Crippen LogP contribution in [0.3, 0.4) is 0 Å². The molecule has 0 bridgehead atoms. The van der Waals surface area contributed by atoms with E-state index >= 15 is 0 Å². The third kappa shape index (κ3) is 4.93. The molecule has 6 heteroatoms. The minimum Gasteiger partial charge on any atom is -0.444 e. The molecule has 1 heterocycles. The molecule has 2 unspecified atom stereocenters. The molecule has 1 amide bonds. The Morgan fingerprint density at radius 1 is 1.38 bits per heavy atom. The predicted molar refractivity (Wildman–Crippen MR) is 91.4 cm³/mol. The summed E-state index contributed by atoms with van der Waals surface area (Å²) < 4.78 is 11.3. The first-order chi connectivity index (χ1) is 11.2. The lowest BCUT2D eigenvalue weighted by molar-refractivity contribution is -0.144. The van der Waals surface area contributed by atoms with Crippen LogP contribution in [0.5, 0.6) is 0 Å². The lowest BCUT2D eigenvalue weighted by Crippen LogP contribution is -2.61. The van der Waals surface area contributed by atoms with Gasteiger partial charge in [-0.15, -0.1) is 0 Å². The molecule has 0 saturated carbocycles. The maximum Gasteiger partial charge on any atom is 0.410 e. The van der Waals surface area contributed by atoms with Gasteiger partial charge >= 0.3 is 6.09 Å². The summed E-state index contributed by atoms with van der Waals surface area (Å²) >= 11 is 0. The Morgan fingerprint density at radius 2 is 2.04 bits per heavy atom. The van der Waals surface area contributed by atoms with Gasteiger partial charge in [0, 0.05) is 13.1 Å². The Balaban J connectivity index is 2.02. The summed E-state index contributed by atoms with van der Waals surface area (Å²) in [5.74, 6) is 0. The van der Waals surface area contributed by atoms with Gasteiger partial charge in [-0.2, -0.15) is 0 Å². The van der Waals surface area contributed by atoms with E-state index in [9.17, 15) is 9.90 Å². The lowest BCUT2D eigenvalue weighted by Gasteiger charge is -2.43. The van der Waals surface area contributed by atoms with Gasteiger partial charge in [0.25, 0.3) is 0 Å². The van der Waals surface area contributed by atoms with Crippen molar-refractivity contribution >= 4 is 6.09 Å². The Hall–Kier alpha value is -1.63. The van der Waals surface area contributed by atoms with Crippen molar-refractivity contribution in [3.05, 3.63) is 35.9 Å². The first kappa shape index (κ1) is 18.7. The maximum absolute atomic E-state index is 12.3. The number of aliphatic hydroxyl groups is 1. The van der Waals surface area contributed by atoms with Crippen LogP contribution in [0.2, 0.25) is 0 Å². The van der Waals surface area contributed by atoms with Gasteiger partial charge in [0.2, 0.25) is 0 Å². The molecule has 1 aromatic rings. The zero-order chi connectivity index (χ0) is 17.8. The largest absolute Gasteiger partial charge is 0.444 e. The molecule has 1 aliphatic rings. The normalized spacial score (nSPS) is 24.7. The Morgan fingerprint density at radius 3 is 2.62 bits per heavy atom. The minimum absolute atomic E-state index is 0.0919. The summed E-state index contributed by atoms with van der Waals surface area (Å²) in [5.41, 5.74) is 5.07. The van der Waals surface area contributed by atoms with Gasteiger partial charge in [-0.3, -0.25) is 0 Å². The number of benzene rings is 1. The second kappa shape index (κ2) is 7.51. The topological polar surface area (TPSA) is 85.0 Å². The first-order valence-electron chi connectivity index (χ1n) is 8.29. The molecule has 24 heavy (non-hydrogen) atoms. The molecule has 3 N–H and O–H groups in total. The molecule has 134 valence electrons. The Bertz CT molecular complexity index is 544. The van der Waals surface area contributed by atoms with Crippen molar-refractivity contribution in [1.29, 1.82) is 0 Å². The summed E-state index contributed by atoms with van der Waals surface area (Å²) in [6.45, 7) is 6.59. The van der Waals surface area contributed by atoms with Crippen LogP contribution in [0, 0.1) is 0 Å². The second-order valence-corrected chi connectivity index (χ2v) is 7.27. The number of hydrogen-bond donors (Lipinski definition) is 2. The summed E-state index contributed by atoms with van der Waals surface area (Å²) in [7, 11) is 0. The van der Waals surface area contributed by atoms with Gasteiger partial charge in [-0.05, 0) is 32.8 Å². The number of ether oxygens (including phenoxy) is 2. The first-order valence-corrected chi connectivity index (χ1v) is 8.29. The van der Waals surface area contributed by atoms with Crippen LogP contribution in [0.25, 0.3) is 0 Å². The monoisotopic (exact) mass is 336 g/mol. The van der Waals surface area contributed by atoms with Crippen LogP contribution in [0.1, 0.15) is 32.8 Å². The fourth-order valence-corrected chi connectivity index (χ4v) is 2.66. The highest BCUT2D eigenvalue weighted by molar-refractivity contribution is 5.68. The summed E-state index contributed by atoms with van der Waals surface area (Å²) in [5, 5.41) is 10.7. The van der Waals surface area contributed by atoms with E-state index in [-0.39, 0.29) is 13.1 Å². The summed E-state index contributed by atoms with van der Waals surface area (Å²) in [6.07, 6.45) is -0.582. The fourth-order valence-electron chi connectivity index (χ4n) is 2.66. The van der Waals surface area contributed by atoms with Gasteiger partial charge in [0.05, 0.1) is 13.2 Å². The van der Waals surface area contributed by atoms with Crippen molar-refractivity contribution in [3.8, 4) is 0 Å². The lowest BCUT2D eigenvalue weighted by atomic mass is 9.88. The molecule has 0 aromatic heterocycles. The molecule has 6 nitrogen and oxygen atoms in total. The third-order valence-corrected chi connectivity index (χ3v) is 4.10. The van der Waals surface area contributed by atoms with Crippen LogP contribution in [0.15, 0.2) is 30.3 Å². The van der Waals surface area contributed by atoms with Gasteiger partial charge in [-0.1, -0.05) is 30.3 Å². The summed E-state index contributed by atoms with van der Waals surface area (Å²) in [4.78, 5) is 13.8. The molecule has 1 fully saturated rings. The van der Waals surface area contributed by atoms with Gasteiger partial charge in [0.1, 0.15) is 17.3 Å². The standard InChI is InChI=1S/C18H28N2O4/c1-17(2,3)24-16(21)20-10-9-18(22,13-19)15(11-20)23-12-14-7-5-4-6-8-14/h4-8,15,22H,9-13,19H2,1-3H3. The molecule has 1 aliphatic heterocycles. The molecule has 1 aromatic carbocycles. The van der Waals surface area contributed by atoms with Crippen molar-refractivity contribution in [2.45, 2.75) is 51.1 Å². The van der Waals surface area contributed by atoms with Crippen molar-refractivity contribution in [3.63, 3.8) is 0 Å². The van der Waals surface area contributed by atoms with E-state index in [1.807, 2.05) is 51.1 Å². The predicted octanol–water partition coefficient (Wildman–Crippen LogP) is 1.90. The molecule has 0 radical (unpaired) electrons. The van der Waals surface area contributed by atoms with E-state index in [1.54, 1.807) is 4.90 Å². The van der Waals surface area contributed by atoms with E-state index in [0.29, 0.717) is 19.6 Å². The van der Waals surface area contributed by atoms with Crippen LogP contribution in [-0.2, 0) is 16.1 Å². The van der Waals surface area contributed by atoms with Crippen molar-refractivity contribution in [2.24, 2.45) is 5.73 Å². The number of nitrogens with two attached hydrogens (primary N) is 1. The molecular formula is C18H28N2O4. The average Bonchev–Trinajstić information content (AvgIpc) is 2.53. The molecular weight excluding hydrogens is 308 g/mol. The van der Waals surface area contributed by atoms with E-state index in [4.69, 9.17) is 15.2 Å². The van der Waals surface area contributed by atoms with Crippen LogP contribution in [-0.4, -0.2) is 53.0 Å². The quantitative estimate of drug-likeness (QED) is 0.877. The number of carbonyl (C=O) groups excluding carboxylic acids is 1. The number of piperidine rings is 1. The molecule has 0 aliphatic carbocycles. The van der Waals surface area contributed by atoms with E-state index in [1.165, 1.54) is 0 Å². The molecule has 2 atom stereocenters. The molecule has 1 saturated heterocycles. The number of nitrogens with zero attached hydrogens (tertiary/aromatic N) is 1. The summed E-state index contributed by atoms with van der Waals surface area (Å²) in [6, 6.07) is 9.71. The minimum atomic E-state index is -1.13. The van der Waals surface area contributed by atoms with E-state index < -0.39 is 23.4 Å². The Labute approximate surface area is 143 Å². The highest BCUT2D eigenvalue weighted by Gasteiger charge is 2.43. The van der Waals surface area contributed by atoms with Crippen LogP contribution >= 0.6 is 0 Å². The zero-order valence-corrected chi connectivity index (χ0v) is 14.7. The van der Waals surface area contributed by atoms with Gasteiger partial charge in [-0.25, -0.2) is 4.79 Å². The number of hydrogen-bond acceptors (Lipinski definition) is 5. The van der Waals surface area contributed by atoms with Crippen LogP contribution in [0.4, 0.5) is 4.79 Å². The number of rotatable bonds is 4. The highest BCUT2D eigenvalue weighted by atomic mass is 16.6. The fraction of sp³-hybridized carbons (Fsp3) is 0.611. The van der Waals surface area contributed by atoms with Crippen molar-refractivity contribution < 1.29 is 19.4 Å². The smallest absolute Gasteiger partial charge is 0.410 e. The zero-order valence-electron chi connectivity index (χ0n) is 14.7. The molecule has 0 spiro atoms. The number of carbonyl (C=O) groups is 1. The van der Waals surface area contributed by atoms with E-state index in [0.717, 1.165) is 5.56 Å². The third-order valence-electron chi connectivity index (χ3n) is 4.10. The van der Waals surface area contributed by atoms with Gasteiger partial charge in [0.15, 0.2) is 0 Å². The number of likely N-dealkylation sites (tertiary alicyclic amines) is 1. The number of amides is 1. The van der Waals surface area contributed by atoms with Crippen LogP contribution < -0.4 is 5.73 Å². The Kier molecular flexibility index (Phi) is 5.85. The molecule has 2 rings (SSSR count). The second-order valence-electron chi connectivity index (χ2n) is 7.27. The SMILES string of the molecule is CC(C)(C)OC(=O)N1CCC(O)(CN)C(OCc2ccccc2)C1. The van der Waals surface area contributed by atoms with Gasteiger partial charge < -0.3 is 25.2 Å². The van der Waals surface area contributed by atoms with E-state index in [2.05, 4.69) is 0 Å². The highest BCUT2D eigenvalue weighted by Crippen LogP contribution is 2.26. The van der Waals surface area contributed by atoms with Crippen molar-refractivity contribution in [2.75, 3.05) is 19.6 Å². The van der Waals surface area contributed by atoms with Crippen molar-refractivity contribution in [1.82, 2.24) is 4.90 Å². The maximum atomic E-state index is 12.3.